The molecule has 0 aromatic rings. The van der Waals surface area contributed by atoms with Crippen LogP contribution in [0.2, 0.25) is 0 Å². The maximum absolute atomic E-state index is 5.98. The van der Waals surface area contributed by atoms with E-state index in [1.165, 1.54) is 0 Å². The highest BCUT2D eigenvalue weighted by molar-refractivity contribution is 14.1. The Bertz CT molecular complexity index is 345. The molecule has 0 radical (unpaired) electrons. The van der Waals surface area contributed by atoms with Gasteiger partial charge in [0.15, 0.2) is 17.9 Å². The number of fused-ring (bicyclic) bond motifs is 3. The molecular weight excluding hydrogens is 351 g/mol. The van der Waals surface area contributed by atoms with Crippen molar-refractivity contribution in [3.8, 4) is 0 Å². The van der Waals surface area contributed by atoms with Gasteiger partial charge in [0.1, 0.15) is 18.3 Å². The van der Waals surface area contributed by atoms with Crippen molar-refractivity contribution in [3.63, 3.8) is 0 Å². The van der Waals surface area contributed by atoms with Crippen molar-refractivity contribution < 1.29 is 23.7 Å². The molecule has 0 unspecified atom stereocenters. The van der Waals surface area contributed by atoms with Crippen LogP contribution in [0.15, 0.2) is 0 Å². The summed E-state index contributed by atoms with van der Waals surface area (Å²) in [5.74, 6) is -1.22. The summed E-state index contributed by atoms with van der Waals surface area (Å²) in [5, 5.41) is 0. The minimum Gasteiger partial charge on any atom is -0.343 e. The monoisotopic (exact) mass is 370 g/mol. The Hall–Kier alpha value is 0.530. The topological polar surface area (TPSA) is 46.2 Å². The van der Waals surface area contributed by atoms with E-state index in [9.17, 15) is 0 Å². The van der Waals surface area contributed by atoms with Crippen LogP contribution < -0.4 is 0 Å². The lowest BCUT2D eigenvalue weighted by Gasteiger charge is -2.36. The van der Waals surface area contributed by atoms with Crippen LogP contribution in [0.3, 0.4) is 0 Å². The fraction of sp³-hybridized carbons (Fsp3) is 1.00. The van der Waals surface area contributed by atoms with E-state index in [0.29, 0.717) is 0 Å². The predicted molar refractivity (Wildman–Crippen MR) is 71.4 cm³/mol. The van der Waals surface area contributed by atoms with Gasteiger partial charge in [-0.05, 0) is 27.7 Å². The molecule has 104 valence electrons. The summed E-state index contributed by atoms with van der Waals surface area (Å²) in [5.41, 5.74) is 0. The zero-order valence-corrected chi connectivity index (χ0v) is 13.2. The van der Waals surface area contributed by atoms with Crippen LogP contribution in [0.4, 0.5) is 0 Å². The molecule has 0 saturated carbocycles. The van der Waals surface area contributed by atoms with E-state index < -0.39 is 11.6 Å². The first-order valence-electron chi connectivity index (χ1n) is 6.24. The van der Waals surface area contributed by atoms with Crippen LogP contribution >= 0.6 is 22.6 Å². The number of hydrogen-bond donors (Lipinski definition) is 0. The van der Waals surface area contributed by atoms with Crippen LogP contribution in [0.25, 0.3) is 0 Å². The molecule has 18 heavy (non-hydrogen) atoms. The zero-order valence-electron chi connectivity index (χ0n) is 11.0. The second kappa shape index (κ2) is 4.26. The smallest absolute Gasteiger partial charge is 0.190 e. The van der Waals surface area contributed by atoms with Gasteiger partial charge in [-0.1, -0.05) is 22.6 Å². The Balaban J connectivity index is 1.86. The minimum absolute atomic E-state index is 0.0175. The lowest BCUT2D eigenvalue weighted by Crippen LogP contribution is -2.55. The van der Waals surface area contributed by atoms with Crippen LogP contribution in [0.5, 0.6) is 0 Å². The summed E-state index contributed by atoms with van der Waals surface area (Å²) in [4.78, 5) is 0. The Kier molecular flexibility index (Phi) is 3.20. The van der Waals surface area contributed by atoms with E-state index >= 15 is 0 Å². The Morgan fingerprint density at radius 3 is 2.06 bits per heavy atom. The fourth-order valence-electron chi connectivity index (χ4n) is 2.82. The van der Waals surface area contributed by atoms with Gasteiger partial charge in [-0.3, -0.25) is 0 Å². The normalized spacial score (nSPS) is 48.8. The van der Waals surface area contributed by atoms with Gasteiger partial charge in [0.25, 0.3) is 0 Å². The van der Waals surface area contributed by atoms with Crippen molar-refractivity contribution in [2.45, 2.75) is 70.0 Å². The molecule has 0 aromatic heterocycles. The van der Waals surface area contributed by atoms with Gasteiger partial charge in [-0.15, -0.1) is 0 Å². The van der Waals surface area contributed by atoms with Crippen molar-refractivity contribution in [2.24, 2.45) is 0 Å². The number of hydrogen-bond acceptors (Lipinski definition) is 5. The Morgan fingerprint density at radius 1 is 0.833 bits per heavy atom. The zero-order chi connectivity index (χ0) is 13.1. The van der Waals surface area contributed by atoms with Gasteiger partial charge < -0.3 is 23.7 Å². The van der Waals surface area contributed by atoms with Gasteiger partial charge in [-0.25, -0.2) is 0 Å². The van der Waals surface area contributed by atoms with E-state index in [-0.39, 0.29) is 30.7 Å². The third-order valence-electron chi connectivity index (χ3n) is 3.40. The van der Waals surface area contributed by atoms with Crippen molar-refractivity contribution in [3.05, 3.63) is 0 Å². The summed E-state index contributed by atoms with van der Waals surface area (Å²) >= 11 is 2.30. The molecule has 0 aromatic carbocycles. The molecule has 3 aliphatic heterocycles. The van der Waals surface area contributed by atoms with Gasteiger partial charge in [0, 0.05) is 4.43 Å². The molecule has 5 nitrogen and oxygen atoms in total. The molecule has 0 amide bonds. The molecule has 0 bridgehead atoms. The Labute approximate surface area is 121 Å². The molecule has 6 heteroatoms. The summed E-state index contributed by atoms with van der Waals surface area (Å²) in [6, 6.07) is 0. The highest BCUT2D eigenvalue weighted by Crippen LogP contribution is 2.44. The quantitative estimate of drug-likeness (QED) is 0.521. The highest BCUT2D eigenvalue weighted by Gasteiger charge is 2.60. The van der Waals surface area contributed by atoms with E-state index in [0.717, 1.165) is 4.43 Å². The largest absolute Gasteiger partial charge is 0.343 e. The molecule has 3 rings (SSSR count). The van der Waals surface area contributed by atoms with Crippen molar-refractivity contribution in [1.82, 2.24) is 0 Å². The lowest BCUT2D eigenvalue weighted by atomic mass is 10.0. The number of halogens is 1. The van der Waals surface area contributed by atoms with E-state index in [2.05, 4.69) is 22.6 Å². The standard InChI is InChI=1S/C12H19IO5/c1-11(2)15-7-6(5-13)14-10-9(8(7)16-11)17-12(3,4)18-10/h6-10H,5H2,1-4H3/t6-,7-,8-,9-,10+/m1/s1. The Morgan fingerprint density at radius 2 is 1.39 bits per heavy atom. The first-order chi connectivity index (χ1) is 8.31. The maximum Gasteiger partial charge on any atom is 0.190 e. The first-order valence-corrected chi connectivity index (χ1v) is 7.77. The maximum atomic E-state index is 5.98. The van der Waals surface area contributed by atoms with Gasteiger partial charge >= 0.3 is 0 Å². The van der Waals surface area contributed by atoms with Crippen molar-refractivity contribution in [2.75, 3.05) is 4.43 Å². The van der Waals surface area contributed by atoms with Crippen molar-refractivity contribution in [1.29, 1.82) is 0 Å². The van der Waals surface area contributed by atoms with E-state index in [1.54, 1.807) is 0 Å². The van der Waals surface area contributed by atoms with Gasteiger partial charge in [0.2, 0.25) is 0 Å². The van der Waals surface area contributed by atoms with Crippen LogP contribution in [-0.2, 0) is 23.7 Å². The summed E-state index contributed by atoms with van der Waals surface area (Å²) in [6.45, 7) is 7.63. The highest BCUT2D eigenvalue weighted by atomic mass is 127. The van der Waals surface area contributed by atoms with E-state index in [1.807, 2.05) is 27.7 Å². The number of ether oxygens (including phenoxy) is 5. The van der Waals surface area contributed by atoms with Gasteiger partial charge in [0.05, 0.1) is 6.10 Å². The molecule has 0 N–H and O–H groups in total. The third-order valence-corrected chi connectivity index (χ3v) is 4.27. The molecule has 3 fully saturated rings. The second-order valence-corrected chi connectivity index (χ2v) is 6.74. The second-order valence-electron chi connectivity index (χ2n) is 5.86. The average Bonchev–Trinajstić information content (AvgIpc) is 2.71. The molecular formula is C12H19IO5. The fourth-order valence-corrected chi connectivity index (χ4v) is 3.53. The van der Waals surface area contributed by atoms with Crippen LogP contribution in [0, 0.1) is 0 Å². The molecule has 5 atom stereocenters. The first kappa shape index (κ1) is 13.5. The van der Waals surface area contributed by atoms with Gasteiger partial charge in [-0.2, -0.15) is 0 Å². The average molecular weight is 370 g/mol. The predicted octanol–water partition coefficient (Wildman–Crippen LogP) is 1.82. The van der Waals surface area contributed by atoms with Crippen LogP contribution in [-0.4, -0.2) is 46.7 Å². The summed E-state index contributed by atoms with van der Waals surface area (Å²) < 4.78 is 30.4. The molecule has 3 aliphatic rings. The van der Waals surface area contributed by atoms with Crippen molar-refractivity contribution >= 4 is 22.6 Å². The molecule has 3 heterocycles. The third kappa shape index (κ3) is 2.20. The molecule has 0 aliphatic carbocycles. The summed E-state index contributed by atoms with van der Waals surface area (Å²) in [7, 11) is 0. The molecule has 0 spiro atoms. The van der Waals surface area contributed by atoms with Crippen LogP contribution in [0.1, 0.15) is 27.7 Å². The lowest BCUT2D eigenvalue weighted by molar-refractivity contribution is -0.227. The SMILES string of the molecule is CC1(C)O[C@@H]2O[C@H](CI)[C@H]3OC(C)(C)O[C@H]3[C@H]2O1. The summed E-state index contributed by atoms with van der Waals surface area (Å²) in [6.07, 6.45) is -0.809. The number of alkyl halides is 1. The van der Waals surface area contributed by atoms with E-state index in [4.69, 9.17) is 23.7 Å². The molecule has 3 saturated heterocycles. The minimum atomic E-state index is -0.629. The number of rotatable bonds is 1.